The summed E-state index contributed by atoms with van der Waals surface area (Å²) in [4.78, 5) is 0. The Bertz CT molecular complexity index is 414. The van der Waals surface area contributed by atoms with Gasteiger partial charge in [-0.3, -0.25) is 0 Å². The second kappa shape index (κ2) is 6.90. The molecule has 0 aromatic heterocycles. The molecule has 1 saturated carbocycles. The Balaban J connectivity index is 1.94. The molecule has 0 amide bonds. The van der Waals surface area contributed by atoms with E-state index in [9.17, 15) is 0 Å². The molecule has 19 heavy (non-hydrogen) atoms. The van der Waals surface area contributed by atoms with E-state index in [0.29, 0.717) is 6.04 Å². The monoisotopic (exact) mass is 323 g/mol. The lowest BCUT2D eigenvalue weighted by molar-refractivity contribution is 0.204. The molecule has 106 valence electrons. The normalized spacial score (nSPS) is 23.8. The van der Waals surface area contributed by atoms with Crippen molar-refractivity contribution in [3.8, 4) is 0 Å². The summed E-state index contributed by atoms with van der Waals surface area (Å²) < 4.78 is 1.20. The van der Waals surface area contributed by atoms with E-state index in [1.807, 2.05) is 0 Å². The fourth-order valence-electron chi connectivity index (χ4n) is 3.28. The molecule has 1 aromatic carbocycles. The van der Waals surface area contributed by atoms with Gasteiger partial charge in [0.05, 0.1) is 0 Å². The third-order valence-corrected chi connectivity index (χ3v) is 5.36. The van der Waals surface area contributed by atoms with Crippen LogP contribution >= 0.6 is 15.9 Å². The summed E-state index contributed by atoms with van der Waals surface area (Å²) in [5.74, 6) is 1.65. The molecule has 0 saturated heterocycles. The smallest absolute Gasteiger partial charge is 0.0208 e. The molecule has 0 heterocycles. The first-order valence-corrected chi connectivity index (χ1v) is 8.35. The van der Waals surface area contributed by atoms with Gasteiger partial charge in [0.15, 0.2) is 0 Å². The zero-order valence-electron chi connectivity index (χ0n) is 12.4. The first-order valence-electron chi connectivity index (χ1n) is 7.56. The van der Waals surface area contributed by atoms with E-state index in [1.54, 1.807) is 0 Å². The molecule has 1 nitrogen and oxygen atoms in total. The van der Waals surface area contributed by atoms with Gasteiger partial charge in [-0.15, -0.1) is 0 Å². The highest BCUT2D eigenvalue weighted by atomic mass is 79.9. The van der Waals surface area contributed by atoms with Gasteiger partial charge in [0.1, 0.15) is 0 Å². The zero-order valence-corrected chi connectivity index (χ0v) is 14.0. The summed E-state index contributed by atoms with van der Waals surface area (Å²) in [6.07, 6.45) is 5.55. The van der Waals surface area contributed by atoms with Crippen molar-refractivity contribution in [2.75, 3.05) is 0 Å². The molecule has 2 rings (SSSR count). The van der Waals surface area contributed by atoms with Crippen LogP contribution in [0.3, 0.4) is 0 Å². The van der Waals surface area contributed by atoms with Crippen molar-refractivity contribution in [1.82, 2.24) is 5.32 Å². The van der Waals surface area contributed by atoms with Crippen molar-refractivity contribution in [3.63, 3.8) is 0 Å². The van der Waals surface area contributed by atoms with Crippen LogP contribution in [-0.4, -0.2) is 6.04 Å². The van der Waals surface area contributed by atoms with Crippen LogP contribution < -0.4 is 5.32 Å². The molecule has 1 fully saturated rings. The maximum atomic E-state index is 3.80. The second-order valence-electron chi connectivity index (χ2n) is 6.26. The lowest BCUT2D eigenvalue weighted by Gasteiger charge is -2.35. The molecule has 0 aliphatic heterocycles. The van der Waals surface area contributed by atoms with Gasteiger partial charge in [0.2, 0.25) is 0 Å². The summed E-state index contributed by atoms with van der Waals surface area (Å²) in [6, 6.07) is 7.37. The van der Waals surface area contributed by atoms with E-state index >= 15 is 0 Å². The Morgan fingerprint density at radius 1 is 1.26 bits per heavy atom. The topological polar surface area (TPSA) is 12.0 Å². The second-order valence-corrected chi connectivity index (χ2v) is 7.12. The first kappa shape index (κ1) is 15.1. The first-order chi connectivity index (χ1) is 9.08. The minimum Gasteiger partial charge on any atom is -0.310 e. The Labute approximate surface area is 126 Å². The van der Waals surface area contributed by atoms with Crippen molar-refractivity contribution < 1.29 is 0 Å². The van der Waals surface area contributed by atoms with Crippen molar-refractivity contribution in [2.24, 2.45) is 11.8 Å². The third kappa shape index (κ3) is 4.06. The molecule has 1 aromatic rings. The highest BCUT2D eigenvalue weighted by Crippen LogP contribution is 2.30. The molecule has 2 unspecified atom stereocenters. The van der Waals surface area contributed by atoms with Crippen LogP contribution in [0.5, 0.6) is 0 Å². The molecule has 1 aliphatic rings. The number of hydrogen-bond donors (Lipinski definition) is 1. The molecule has 1 aliphatic carbocycles. The lowest BCUT2D eigenvalue weighted by Crippen LogP contribution is -2.40. The molecule has 2 atom stereocenters. The van der Waals surface area contributed by atoms with E-state index in [0.717, 1.165) is 18.4 Å². The highest BCUT2D eigenvalue weighted by Gasteiger charge is 2.26. The zero-order chi connectivity index (χ0) is 13.8. The van der Waals surface area contributed by atoms with Crippen molar-refractivity contribution in [3.05, 3.63) is 33.8 Å². The maximum absolute atomic E-state index is 3.80. The quantitative estimate of drug-likeness (QED) is 0.816. The summed E-state index contributed by atoms with van der Waals surface area (Å²) in [5.41, 5.74) is 2.72. The molecule has 2 heteroatoms. The number of rotatable bonds is 4. The van der Waals surface area contributed by atoms with Crippen LogP contribution in [0.25, 0.3) is 0 Å². The number of benzene rings is 1. The molecule has 1 N–H and O–H groups in total. The van der Waals surface area contributed by atoms with Crippen LogP contribution in [-0.2, 0) is 6.54 Å². The molecular formula is C17H26BrN. The lowest BCUT2D eigenvalue weighted by atomic mass is 9.78. The van der Waals surface area contributed by atoms with Crippen molar-refractivity contribution in [1.29, 1.82) is 0 Å². The minimum atomic E-state index is 0.706. The highest BCUT2D eigenvalue weighted by molar-refractivity contribution is 9.10. The van der Waals surface area contributed by atoms with Crippen LogP contribution in [0.2, 0.25) is 0 Å². The van der Waals surface area contributed by atoms with Crippen LogP contribution in [0, 0.1) is 18.8 Å². The minimum absolute atomic E-state index is 0.706. The van der Waals surface area contributed by atoms with E-state index in [-0.39, 0.29) is 0 Å². The number of nitrogens with one attached hydrogen (secondary N) is 1. The van der Waals surface area contributed by atoms with Crippen molar-refractivity contribution in [2.45, 2.75) is 59.0 Å². The average molecular weight is 324 g/mol. The number of halogens is 1. The van der Waals surface area contributed by atoms with Gasteiger partial charge < -0.3 is 5.32 Å². The molecule has 0 bridgehead atoms. The fraction of sp³-hybridized carbons (Fsp3) is 0.647. The van der Waals surface area contributed by atoms with Crippen LogP contribution in [0.4, 0.5) is 0 Å². The Morgan fingerprint density at radius 2 is 2.00 bits per heavy atom. The van der Waals surface area contributed by atoms with E-state index in [4.69, 9.17) is 0 Å². The predicted molar refractivity (Wildman–Crippen MR) is 86.3 cm³/mol. The number of hydrogen-bond acceptors (Lipinski definition) is 1. The van der Waals surface area contributed by atoms with Gasteiger partial charge in [0, 0.05) is 17.1 Å². The van der Waals surface area contributed by atoms with Gasteiger partial charge in [-0.2, -0.15) is 0 Å². The average Bonchev–Trinajstić information content (AvgIpc) is 2.40. The largest absolute Gasteiger partial charge is 0.310 e. The summed E-state index contributed by atoms with van der Waals surface area (Å²) in [7, 11) is 0. The predicted octanol–water partition coefficient (Wildman–Crippen LogP) is 5.06. The van der Waals surface area contributed by atoms with Crippen LogP contribution in [0.1, 0.15) is 50.7 Å². The Hall–Kier alpha value is -0.340. The van der Waals surface area contributed by atoms with E-state index in [1.165, 1.54) is 41.3 Å². The Kier molecular flexibility index (Phi) is 5.47. The SMILES string of the molecule is Cc1cc(CNC2CCCCC2C(C)C)ccc1Br. The van der Waals surface area contributed by atoms with Crippen LogP contribution in [0.15, 0.2) is 22.7 Å². The fourth-order valence-corrected chi connectivity index (χ4v) is 3.52. The van der Waals surface area contributed by atoms with Gasteiger partial charge in [-0.1, -0.05) is 54.8 Å². The van der Waals surface area contributed by atoms with E-state index < -0.39 is 0 Å². The van der Waals surface area contributed by atoms with E-state index in [2.05, 4.69) is 60.2 Å². The summed E-state index contributed by atoms with van der Waals surface area (Å²) in [5, 5.41) is 3.80. The van der Waals surface area contributed by atoms with Gasteiger partial charge >= 0.3 is 0 Å². The van der Waals surface area contributed by atoms with Gasteiger partial charge in [-0.25, -0.2) is 0 Å². The molecule has 0 spiro atoms. The van der Waals surface area contributed by atoms with Crippen molar-refractivity contribution >= 4 is 15.9 Å². The third-order valence-electron chi connectivity index (χ3n) is 4.47. The molecular weight excluding hydrogens is 298 g/mol. The summed E-state index contributed by atoms with van der Waals surface area (Å²) in [6.45, 7) is 7.90. The summed E-state index contributed by atoms with van der Waals surface area (Å²) >= 11 is 3.57. The number of aryl methyl sites for hydroxylation is 1. The maximum Gasteiger partial charge on any atom is 0.0208 e. The molecule has 0 radical (unpaired) electrons. The standard InChI is InChI=1S/C17H26BrN/c1-12(2)15-6-4-5-7-17(15)19-11-14-8-9-16(18)13(3)10-14/h8-10,12,15,17,19H,4-7,11H2,1-3H3. The van der Waals surface area contributed by atoms with Gasteiger partial charge in [-0.05, 0) is 48.8 Å². The Morgan fingerprint density at radius 3 is 2.68 bits per heavy atom. The van der Waals surface area contributed by atoms with Gasteiger partial charge in [0.25, 0.3) is 0 Å².